The van der Waals surface area contributed by atoms with E-state index in [1.165, 1.54) is 6.07 Å². The molecule has 1 amide bonds. The molecule has 130 valence electrons. The second-order valence-electron chi connectivity index (χ2n) is 5.85. The third-order valence-corrected chi connectivity index (χ3v) is 3.93. The molecule has 3 aromatic rings. The van der Waals surface area contributed by atoms with Gasteiger partial charge in [-0.15, -0.1) is 0 Å². The first-order valence-electron chi connectivity index (χ1n) is 8.02. The SMILES string of the molecule is Cc1ccc(-c2cc(/C=C/c3ccc(C(=O)NO)cc3)ccn2)c(F)c1. The van der Waals surface area contributed by atoms with Gasteiger partial charge in [0.05, 0.1) is 5.69 Å². The standard InChI is InChI=1S/C21H17FN2O2/c1-14-2-9-18(19(22)12-14)20-13-16(10-11-23-20)4-3-15-5-7-17(8-6-15)21(25)24-26/h2-13,26H,1H3,(H,24,25)/b4-3+. The third-order valence-electron chi connectivity index (χ3n) is 3.93. The summed E-state index contributed by atoms with van der Waals surface area (Å²) in [5.41, 5.74) is 5.62. The first-order chi connectivity index (χ1) is 12.6. The van der Waals surface area contributed by atoms with Gasteiger partial charge in [0.25, 0.3) is 5.91 Å². The third kappa shape index (κ3) is 4.02. The van der Waals surface area contributed by atoms with Gasteiger partial charge in [-0.25, -0.2) is 9.87 Å². The summed E-state index contributed by atoms with van der Waals surface area (Å²) in [5.74, 6) is -0.851. The van der Waals surface area contributed by atoms with Gasteiger partial charge in [-0.1, -0.05) is 30.4 Å². The Bertz CT molecular complexity index is 966. The summed E-state index contributed by atoms with van der Waals surface area (Å²) in [6.07, 6.45) is 5.41. The molecule has 26 heavy (non-hydrogen) atoms. The van der Waals surface area contributed by atoms with E-state index in [1.54, 1.807) is 42.0 Å². The largest absolute Gasteiger partial charge is 0.288 e. The molecule has 0 spiro atoms. The fraction of sp³-hybridized carbons (Fsp3) is 0.0476. The van der Waals surface area contributed by atoms with Gasteiger partial charge in [-0.2, -0.15) is 0 Å². The number of carbonyl (C=O) groups excluding carboxylic acids is 1. The zero-order chi connectivity index (χ0) is 18.5. The number of hydrogen-bond acceptors (Lipinski definition) is 3. The molecule has 3 rings (SSSR count). The van der Waals surface area contributed by atoms with E-state index in [-0.39, 0.29) is 5.82 Å². The van der Waals surface area contributed by atoms with Gasteiger partial charge in [0, 0.05) is 17.3 Å². The molecule has 0 bridgehead atoms. The Balaban J connectivity index is 1.82. The van der Waals surface area contributed by atoms with Crippen LogP contribution in [0.1, 0.15) is 27.0 Å². The van der Waals surface area contributed by atoms with Gasteiger partial charge in [-0.05, 0) is 60.0 Å². The fourth-order valence-electron chi connectivity index (χ4n) is 2.53. The number of pyridine rings is 1. The molecule has 0 aliphatic heterocycles. The van der Waals surface area contributed by atoms with E-state index in [2.05, 4.69) is 4.98 Å². The molecule has 0 unspecified atom stereocenters. The molecule has 0 fully saturated rings. The summed E-state index contributed by atoms with van der Waals surface area (Å²) in [5, 5.41) is 8.62. The number of nitrogens with one attached hydrogen (secondary N) is 1. The zero-order valence-electron chi connectivity index (χ0n) is 14.1. The highest BCUT2D eigenvalue weighted by Gasteiger charge is 2.07. The van der Waals surface area contributed by atoms with Crippen molar-refractivity contribution in [3.05, 3.63) is 88.9 Å². The molecule has 2 N–H and O–H groups in total. The number of benzene rings is 2. The minimum Gasteiger partial charge on any atom is -0.288 e. The first-order valence-corrected chi connectivity index (χ1v) is 8.02. The van der Waals surface area contributed by atoms with Crippen LogP contribution in [0.4, 0.5) is 4.39 Å². The van der Waals surface area contributed by atoms with Crippen LogP contribution in [0.3, 0.4) is 0 Å². The van der Waals surface area contributed by atoms with E-state index in [4.69, 9.17) is 5.21 Å². The van der Waals surface area contributed by atoms with Gasteiger partial charge in [0.15, 0.2) is 0 Å². The van der Waals surface area contributed by atoms with Crippen LogP contribution in [-0.2, 0) is 0 Å². The molecule has 0 aliphatic carbocycles. The second-order valence-corrected chi connectivity index (χ2v) is 5.85. The van der Waals surface area contributed by atoms with Crippen LogP contribution in [0.25, 0.3) is 23.4 Å². The lowest BCUT2D eigenvalue weighted by Gasteiger charge is -2.05. The molecule has 1 aromatic heterocycles. The number of aryl methyl sites for hydroxylation is 1. The molecule has 0 aliphatic rings. The topological polar surface area (TPSA) is 62.2 Å². The molecular weight excluding hydrogens is 331 g/mol. The highest BCUT2D eigenvalue weighted by atomic mass is 19.1. The quantitative estimate of drug-likeness (QED) is 0.539. The maximum atomic E-state index is 14.1. The minimum absolute atomic E-state index is 0.295. The van der Waals surface area contributed by atoms with Crippen molar-refractivity contribution in [1.29, 1.82) is 0 Å². The normalized spacial score (nSPS) is 10.9. The van der Waals surface area contributed by atoms with Crippen LogP contribution in [0.5, 0.6) is 0 Å². The average molecular weight is 348 g/mol. The molecule has 5 heteroatoms. The van der Waals surface area contributed by atoms with Crippen molar-refractivity contribution < 1.29 is 14.4 Å². The zero-order valence-corrected chi connectivity index (χ0v) is 14.1. The van der Waals surface area contributed by atoms with Crippen LogP contribution in [-0.4, -0.2) is 16.1 Å². The van der Waals surface area contributed by atoms with Gasteiger partial charge >= 0.3 is 0 Å². The Labute approximate surface area is 150 Å². The average Bonchev–Trinajstić information content (AvgIpc) is 2.66. The minimum atomic E-state index is -0.556. The molecule has 0 radical (unpaired) electrons. The lowest BCUT2D eigenvalue weighted by atomic mass is 10.1. The summed E-state index contributed by atoms with van der Waals surface area (Å²) in [6.45, 7) is 1.84. The second kappa shape index (κ2) is 7.72. The molecule has 0 saturated carbocycles. The molecule has 1 heterocycles. The smallest absolute Gasteiger partial charge is 0.274 e. The van der Waals surface area contributed by atoms with Crippen LogP contribution in [0.15, 0.2) is 60.8 Å². The Kier molecular flexibility index (Phi) is 5.20. The number of rotatable bonds is 4. The predicted molar refractivity (Wildman–Crippen MR) is 99.0 cm³/mol. The van der Waals surface area contributed by atoms with Gasteiger partial charge in [-0.3, -0.25) is 15.0 Å². The van der Waals surface area contributed by atoms with Crippen LogP contribution in [0, 0.1) is 12.7 Å². The molecule has 0 saturated heterocycles. The summed E-state index contributed by atoms with van der Waals surface area (Å²) < 4.78 is 14.1. The fourth-order valence-corrected chi connectivity index (χ4v) is 2.53. The highest BCUT2D eigenvalue weighted by molar-refractivity contribution is 5.93. The Morgan fingerprint density at radius 3 is 2.46 bits per heavy atom. The van der Waals surface area contributed by atoms with Crippen LogP contribution >= 0.6 is 0 Å². The molecular formula is C21H17FN2O2. The number of hydroxylamine groups is 1. The van der Waals surface area contributed by atoms with Gasteiger partial charge < -0.3 is 0 Å². The number of halogens is 1. The molecule has 0 atom stereocenters. The summed E-state index contributed by atoms with van der Waals surface area (Å²) >= 11 is 0. The van der Waals surface area contributed by atoms with Crippen molar-refractivity contribution in [2.75, 3.05) is 0 Å². The van der Waals surface area contributed by atoms with Crippen LogP contribution in [0.2, 0.25) is 0 Å². The van der Waals surface area contributed by atoms with Crippen LogP contribution < -0.4 is 5.48 Å². The summed E-state index contributed by atoms with van der Waals surface area (Å²) in [7, 11) is 0. The van der Waals surface area contributed by atoms with Gasteiger partial charge in [0.1, 0.15) is 5.82 Å². The van der Waals surface area contributed by atoms with Crippen molar-refractivity contribution in [2.45, 2.75) is 6.92 Å². The van der Waals surface area contributed by atoms with E-state index in [0.717, 1.165) is 16.7 Å². The van der Waals surface area contributed by atoms with E-state index in [0.29, 0.717) is 16.8 Å². The molecule has 2 aromatic carbocycles. The number of hydrogen-bond donors (Lipinski definition) is 2. The maximum absolute atomic E-state index is 14.1. The Hall–Kier alpha value is -3.31. The Morgan fingerprint density at radius 1 is 1.04 bits per heavy atom. The lowest BCUT2D eigenvalue weighted by Crippen LogP contribution is -2.18. The maximum Gasteiger partial charge on any atom is 0.274 e. The van der Waals surface area contributed by atoms with Crippen molar-refractivity contribution in [1.82, 2.24) is 10.5 Å². The summed E-state index contributed by atoms with van der Waals surface area (Å²) in [4.78, 5) is 15.6. The monoisotopic (exact) mass is 348 g/mol. The van der Waals surface area contributed by atoms with E-state index in [1.807, 2.05) is 37.3 Å². The van der Waals surface area contributed by atoms with Crippen molar-refractivity contribution >= 4 is 18.1 Å². The van der Waals surface area contributed by atoms with Crippen molar-refractivity contribution in [3.63, 3.8) is 0 Å². The van der Waals surface area contributed by atoms with E-state index >= 15 is 0 Å². The van der Waals surface area contributed by atoms with Gasteiger partial charge in [0.2, 0.25) is 0 Å². The summed E-state index contributed by atoms with van der Waals surface area (Å²) in [6, 6.07) is 15.5. The Morgan fingerprint density at radius 2 is 1.77 bits per heavy atom. The number of aromatic nitrogens is 1. The van der Waals surface area contributed by atoms with E-state index in [9.17, 15) is 9.18 Å². The van der Waals surface area contributed by atoms with Crippen molar-refractivity contribution in [3.8, 4) is 11.3 Å². The predicted octanol–water partition coefficient (Wildman–Crippen LogP) is 4.49. The van der Waals surface area contributed by atoms with E-state index < -0.39 is 5.91 Å². The number of carbonyl (C=O) groups is 1. The lowest BCUT2D eigenvalue weighted by molar-refractivity contribution is 0.0706. The van der Waals surface area contributed by atoms with Crippen molar-refractivity contribution in [2.24, 2.45) is 0 Å². The molecule has 4 nitrogen and oxygen atoms in total. The first kappa shape index (κ1) is 17.5. The highest BCUT2D eigenvalue weighted by Crippen LogP contribution is 2.23. The number of amides is 1. The number of nitrogens with zero attached hydrogens (tertiary/aromatic N) is 1.